The molecule has 10 rings (SSSR count). The molecule has 1 N–H and O–H groups in total. The quantitative estimate of drug-likeness (QED) is 0.108. The molecule has 1 aliphatic carbocycles. The number of rotatable bonds is 14. The second kappa shape index (κ2) is 20.9. The fourth-order valence-electron chi connectivity index (χ4n) is 9.79. The van der Waals surface area contributed by atoms with Crippen molar-refractivity contribution in [3.05, 3.63) is 187 Å². The number of hydrogen-bond donors (Lipinski definition) is 1. The standard InChI is InChI=1S/C57H55N7O5/c1-2-54(66)62-33-29-40(37-62)38-63-34-30-50-55(63)49(17-7-4-10-32-58-50)42-13-11-16-48(36-42)68-52-18-9-8-12-41(52)19-28-53(65)61-43-20-22-44(23-21-43)64-35-31-51-56(64)57(60-39-59-51)69-47-26-24-46(25-27-47)67-45-14-5-3-6-15-45/h2-3,5-6,8-16,18-19,24-28,30-32,34-36,39-40,43-44H,1,4,7,17,20-23,29,33,37-38H2,(H,61,65)/b28-19-,32-10-,55-49-,58-50-. The normalized spacial score (nSPS) is 19.9. The first-order valence-corrected chi connectivity index (χ1v) is 23.9. The van der Waals surface area contributed by atoms with E-state index < -0.39 is 0 Å². The van der Waals surface area contributed by atoms with Crippen molar-refractivity contribution < 1.29 is 23.8 Å². The van der Waals surface area contributed by atoms with Gasteiger partial charge in [-0.05, 0) is 147 Å². The lowest BCUT2D eigenvalue weighted by Crippen LogP contribution is -2.37. The predicted octanol–water partition coefficient (Wildman–Crippen LogP) is 10.5. The summed E-state index contributed by atoms with van der Waals surface area (Å²) in [5, 5.41) is 5.30. The number of likely N-dealkylation sites (tertiary alicyclic amines) is 1. The van der Waals surface area contributed by atoms with E-state index in [9.17, 15) is 9.59 Å². The Labute approximate surface area is 401 Å². The van der Waals surface area contributed by atoms with Crippen LogP contribution in [0.5, 0.6) is 34.6 Å². The number of aromatic nitrogens is 4. The summed E-state index contributed by atoms with van der Waals surface area (Å²) in [6, 6.07) is 37.5. The van der Waals surface area contributed by atoms with Crippen molar-refractivity contribution in [1.29, 1.82) is 0 Å². The molecule has 4 aromatic carbocycles. The van der Waals surface area contributed by atoms with E-state index in [0.717, 1.165) is 110 Å². The van der Waals surface area contributed by atoms with E-state index in [1.54, 1.807) is 6.08 Å². The molecule has 7 aromatic rings. The average Bonchev–Trinajstić information content (AvgIpc) is 4.15. The van der Waals surface area contributed by atoms with Crippen molar-refractivity contribution >= 4 is 34.5 Å². The number of hydrogen-bond acceptors (Lipinski definition) is 8. The number of carbonyl (C=O) groups excluding carboxylic acids is 2. The molecule has 348 valence electrons. The second-order valence-corrected chi connectivity index (χ2v) is 17.9. The number of ether oxygens (including phenoxy) is 3. The molecule has 12 heteroatoms. The van der Waals surface area contributed by atoms with Crippen LogP contribution in [0.3, 0.4) is 0 Å². The number of nitrogens with zero attached hydrogens (tertiary/aromatic N) is 6. The Hall–Kier alpha value is -7.99. The van der Waals surface area contributed by atoms with Gasteiger partial charge < -0.3 is 33.6 Å². The zero-order valence-corrected chi connectivity index (χ0v) is 38.5. The molecule has 12 nitrogen and oxygen atoms in total. The molecule has 2 amide bonds. The Balaban J connectivity index is 0.783. The van der Waals surface area contributed by atoms with Gasteiger partial charge in [-0.3, -0.25) is 14.6 Å². The van der Waals surface area contributed by atoms with Gasteiger partial charge in [-0.15, -0.1) is 0 Å². The summed E-state index contributed by atoms with van der Waals surface area (Å²) in [4.78, 5) is 41.6. The van der Waals surface area contributed by atoms with Crippen LogP contribution < -0.4 is 30.2 Å². The lowest BCUT2D eigenvalue weighted by atomic mass is 9.91. The van der Waals surface area contributed by atoms with E-state index in [2.05, 4.69) is 67.7 Å². The van der Waals surface area contributed by atoms with Crippen molar-refractivity contribution in [2.75, 3.05) is 13.1 Å². The molecule has 2 fully saturated rings. The summed E-state index contributed by atoms with van der Waals surface area (Å²) in [5.74, 6) is 4.17. The highest BCUT2D eigenvalue weighted by atomic mass is 16.5. The van der Waals surface area contributed by atoms with Gasteiger partial charge in [0, 0.05) is 62.0 Å². The van der Waals surface area contributed by atoms with Crippen molar-refractivity contribution in [2.24, 2.45) is 10.9 Å². The van der Waals surface area contributed by atoms with Gasteiger partial charge in [0.15, 0.2) is 0 Å². The molecule has 5 heterocycles. The molecule has 1 atom stereocenters. The van der Waals surface area contributed by atoms with E-state index in [1.165, 1.54) is 18.0 Å². The maximum absolute atomic E-state index is 13.4. The summed E-state index contributed by atoms with van der Waals surface area (Å²) in [6.45, 7) is 5.95. The molecule has 1 saturated heterocycles. The van der Waals surface area contributed by atoms with Gasteiger partial charge in [0.1, 0.15) is 40.6 Å². The lowest BCUT2D eigenvalue weighted by Gasteiger charge is -2.30. The number of para-hydroxylation sites is 2. The maximum Gasteiger partial charge on any atom is 0.247 e. The first-order valence-electron chi connectivity index (χ1n) is 23.9. The number of amides is 2. The van der Waals surface area contributed by atoms with Gasteiger partial charge in [0.05, 0.1) is 16.2 Å². The second-order valence-electron chi connectivity index (χ2n) is 17.9. The largest absolute Gasteiger partial charge is 0.457 e. The number of nitrogens with one attached hydrogen (secondary N) is 1. The van der Waals surface area contributed by atoms with Crippen molar-refractivity contribution in [1.82, 2.24) is 29.3 Å². The minimum absolute atomic E-state index is 0.00816. The van der Waals surface area contributed by atoms with Gasteiger partial charge in [0.25, 0.3) is 0 Å². The van der Waals surface area contributed by atoms with Gasteiger partial charge in [-0.2, -0.15) is 4.98 Å². The van der Waals surface area contributed by atoms with E-state index >= 15 is 0 Å². The summed E-state index contributed by atoms with van der Waals surface area (Å²) >= 11 is 0. The predicted molar refractivity (Wildman–Crippen MR) is 268 cm³/mol. The topological polar surface area (TPSA) is 125 Å². The minimum Gasteiger partial charge on any atom is -0.457 e. The van der Waals surface area contributed by atoms with Crippen LogP contribution in [0.15, 0.2) is 170 Å². The molecule has 1 unspecified atom stereocenters. The first-order chi connectivity index (χ1) is 33.9. The SMILES string of the molecule is C=CC(=O)N1CCC(Cn2ccc3/c2=C(/c2cccc(Oc4ccccc4/C=C\C(=O)NC4CCC(n5ccc6ncnc(Oc7ccc(Oc8ccccc8)cc7)c65)CC4)c2)CCC/C=C\N=3)C1. The number of allylic oxidation sites excluding steroid dienone is 1. The monoisotopic (exact) mass is 917 g/mol. The fourth-order valence-corrected chi connectivity index (χ4v) is 9.79. The zero-order chi connectivity index (χ0) is 46.9. The summed E-state index contributed by atoms with van der Waals surface area (Å²) in [5.41, 5.74) is 4.76. The van der Waals surface area contributed by atoms with E-state index in [4.69, 9.17) is 19.2 Å². The van der Waals surface area contributed by atoms with Crippen LogP contribution in [-0.4, -0.2) is 54.9 Å². The molecule has 1 saturated carbocycles. The molecular formula is C57H55N7O5. The molecule has 0 radical (unpaired) electrons. The van der Waals surface area contributed by atoms with Gasteiger partial charge >= 0.3 is 0 Å². The average molecular weight is 918 g/mol. The van der Waals surface area contributed by atoms with Crippen LogP contribution in [0.2, 0.25) is 0 Å². The Kier molecular flexibility index (Phi) is 13.6. The summed E-state index contributed by atoms with van der Waals surface area (Å²) in [7, 11) is 0. The maximum atomic E-state index is 13.4. The van der Waals surface area contributed by atoms with Crippen LogP contribution >= 0.6 is 0 Å². The van der Waals surface area contributed by atoms with Crippen LogP contribution in [0.4, 0.5) is 0 Å². The van der Waals surface area contributed by atoms with Crippen LogP contribution in [0.25, 0.3) is 22.7 Å². The smallest absolute Gasteiger partial charge is 0.247 e. The molecule has 69 heavy (non-hydrogen) atoms. The number of benzene rings is 4. The molecule has 0 spiro atoms. The van der Waals surface area contributed by atoms with E-state index in [-0.39, 0.29) is 23.9 Å². The highest BCUT2D eigenvalue weighted by Gasteiger charge is 2.27. The highest BCUT2D eigenvalue weighted by molar-refractivity contribution is 5.92. The Bertz CT molecular complexity index is 3150. The molecule has 0 bridgehead atoms. The first kappa shape index (κ1) is 44.8. The minimum atomic E-state index is -0.140. The van der Waals surface area contributed by atoms with Crippen molar-refractivity contribution in [3.63, 3.8) is 0 Å². The third-order valence-electron chi connectivity index (χ3n) is 13.2. The molecular weight excluding hydrogens is 863 g/mol. The van der Waals surface area contributed by atoms with Gasteiger partial charge in [-0.25, -0.2) is 4.98 Å². The van der Waals surface area contributed by atoms with Gasteiger partial charge in [-0.1, -0.05) is 61.2 Å². The van der Waals surface area contributed by atoms with Gasteiger partial charge in [0.2, 0.25) is 17.7 Å². The Morgan fingerprint density at radius 3 is 2.41 bits per heavy atom. The van der Waals surface area contributed by atoms with Crippen LogP contribution in [-0.2, 0) is 16.1 Å². The number of carbonyl (C=O) groups is 2. The molecule has 3 aromatic heterocycles. The highest BCUT2D eigenvalue weighted by Crippen LogP contribution is 2.36. The molecule has 2 aliphatic heterocycles. The van der Waals surface area contributed by atoms with E-state index in [0.29, 0.717) is 34.8 Å². The van der Waals surface area contributed by atoms with Crippen LogP contribution in [0.1, 0.15) is 68.5 Å². The summed E-state index contributed by atoms with van der Waals surface area (Å²) < 4.78 is 23.4. The summed E-state index contributed by atoms with van der Waals surface area (Å²) in [6.07, 6.45) is 21.8. The Morgan fingerprint density at radius 1 is 0.783 bits per heavy atom. The van der Waals surface area contributed by atoms with Crippen molar-refractivity contribution in [3.8, 4) is 34.6 Å². The molecule has 3 aliphatic rings. The Morgan fingerprint density at radius 2 is 1.57 bits per heavy atom. The zero-order valence-electron chi connectivity index (χ0n) is 38.5. The third-order valence-corrected chi connectivity index (χ3v) is 13.2. The fraction of sp³-hybridized carbons (Fsp3) is 0.246. The van der Waals surface area contributed by atoms with Crippen LogP contribution in [0, 0.1) is 5.92 Å². The number of fused-ring (bicyclic) bond motifs is 2. The lowest BCUT2D eigenvalue weighted by molar-refractivity contribution is -0.125. The van der Waals surface area contributed by atoms with Crippen molar-refractivity contribution in [2.45, 2.75) is 70.0 Å². The van der Waals surface area contributed by atoms with E-state index in [1.807, 2.05) is 114 Å². The third kappa shape index (κ3) is 10.6.